The molecule has 4 aromatic rings. The lowest BCUT2D eigenvalue weighted by atomic mass is 10.2. The van der Waals surface area contributed by atoms with Crippen molar-refractivity contribution in [1.82, 2.24) is 20.2 Å². The van der Waals surface area contributed by atoms with Gasteiger partial charge in [-0.05, 0) is 69.5 Å². The second-order valence-electron chi connectivity index (χ2n) is 8.93. The maximum atomic E-state index is 13.4. The highest BCUT2D eigenvalue weighted by molar-refractivity contribution is 7.92. The average Bonchev–Trinajstić information content (AvgIpc) is 2.92. The molecule has 3 aromatic carbocycles. The molecule has 0 unspecified atom stereocenters. The van der Waals surface area contributed by atoms with E-state index in [1.165, 1.54) is 25.3 Å². The number of carbonyl (C=O) groups is 1. The van der Waals surface area contributed by atoms with Gasteiger partial charge in [0.2, 0.25) is 0 Å². The van der Waals surface area contributed by atoms with E-state index in [0.717, 1.165) is 13.0 Å². The van der Waals surface area contributed by atoms with Crippen molar-refractivity contribution in [3.63, 3.8) is 0 Å². The van der Waals surface area contributed by atoms with Crippen molar-refractivity contribution < 1.29 is 17.9 Å². The van der Waals surface area contributed by atoms with Gasteiger partial charge in [-0.15, -0.1) is 0 Å². The summed E-state index contributed by atoms with van der Waals surface area (Å²) < 4.78 is 34.7. The SMILES string of the molecule is COc1ccc(Cl)c(Nc2nc3ccccc3nc2NS(=O)(=O)c2cccc(C(=O)NCCCN(C)C)c2)c1. The zero-order valence-corrected chi connectivity index (χ0v) is 23.3. The van der Waals surface area contributed by atoms with Crippen molar-refractivity contribution in [2.24, 2.45) is 0 Å². The van der Waals surface area contributed by atoms with Gasteiger partial charge >= 0.3 is 0 Å². The fraction of sp³-hybridized carbons (Fsp3) is 0.222. The maximum absolute atomic E-state index is 13.4. The van der Waals surface area contributed by atoms with E-state index in [2.05, 4.69) is 25.3 Å². The third kappa shape index (κ3) is 7.14. The summed E-state index contributed by atoms with van der Waals surface area (Å²) in [7, 11) is 1.29. The summed E-state index contributed by atoms with van der Waals surface area (Å²) in [5.41, 5.74) is 1.72. The number of hydrogen-bond donors (Lipinski definition) is 3. The lowest BCUT2D eigenvalue weighted by Crippen LogP contribution is -2.27. The summed E-state index contributed by atoms with van der Waals surface area (Å²) in [5, 5.41) is 6.26. The summed E-state index contributed by atoms with van der Waals surface area (Å²) >= 11 is 6.37. The highest BCUT2D eigenvalue weighted by Crippen LogP contribution is 2.32. The fourth-order valence-corrected chi connectivity index (χ4v) is 4.92. The van der Waals surface area contributed by atoms with Crippen LogP contribution in [-0.2, 0) is 10.0 Å². The van der Waals surface area contributed by atoms with Crippen LogP contribution >= 0.6 is 11.6 Å². The normalized spacial score (nSPS) is 11.4. The minimum Gasteiger partial charge on any atom is -0.497 e. The molecule has 10 nitrogen and oxygen atoms in total. The molecule has 1 amide bonds. The Morgan fingerprint density at radius 3 is 2.38 bits per heavy atom. The molecule has 3 N–H and O–H groups in total. The summed E-state index contributed by atoms with van der Waals surface area (Å²) in [5.74, 6) is 0.300. The molecule has 204 valence electrons. The van der Waals surface area contributed by atoms with Gasteiger partial charge in [-0.2, -0.15) is 0 Å². The third-order valence-electron chi connectivity index (χ3n) is 5.70. The first kappa shape index (κ1) is 28.1. The van der Waals surface area contributed by atoms with Gasteiger partial charge in [-0.1, -0.05) is 29.8 Å². The van der Waals surface area contributed by atoms with Crippen LogP contribution in [0.4, 0.5) is 17.3 Å². The van der Waals surface area contributed by atoms with Gasteiger partial charge in [-0.25, -0.2) is 18.4 Å². The van der Waals surface area contributed by atoms with Crippen molar-refractivity contribution in [2.45, 2.75) is 11.3 Å². The molecule has 0 atom stereocenters. The smallest absolute Gasteiger partial charge is 0.263 e. The van der Waals surface area contributed by atoms with Gasteiger partial charge in [0.05, 0.1) is 33.7 Å². The molecule has 4 rings (SSSR count). The van der Waals surface area contributed by atoms with E-state index in [0.29, 0.717) is 34.0 Å². The van der Waals surface area contributed by atoms with Crippen LogP contribution < -0.4 is 20.1 Å². The topological polar surface area (TPSA) is 126 Å². The molecule has 39 heavy (non-hydrogen) atoms. The Kier molecular flexibility index (Phi) is 8.85. The van der Waals surface area contributed by atoms with Crippen molar-refractivity contribution in [1.29, 1.82) is 0 Å². The number of rotatable bonds is 11. The number of anilines is 3. The molecule has 0 radical (unpaired) electrons. The highest BCUT2D eigenvalue weighted by Gasteiger charge is 2.21. The number of benzene rings is 3. The van der Waals surface area contributed by atoms with Crippen molar-refractivity contribution in [3.05, 3.63) is 77.3 Å². The van der Waals surface area contributed by atoms with E-state index in [4.69, 9.17) is 16.3 Å². The quantitative estimate of drug-likeness (QED) is 0.226. The fourth-order valence-electron chi connectivity index (χ4n) is 3.70. The number of methoxy groups -OCH3 is 1. The van der Waals surface area contributed by atoms with E-state index >= 15 is 0 Å². The predicted octanol–water partition coefficient (Wildman–Crippen LogP) is 4.52. The Bertz CT molecular complexity index is 1600. The molecule has 0 bridgehead atoms. The van der Waals surface area contributed by atoms with Gasteiger partial charge in [0.25, 0.3) is 15.9 Å². The van der Waals surface area contributed by atoms with Crippen LogP contribution in [0.25, 0.3) is 11.0 Å². The number of hydrogen-bond acceptors (Lipinski definition) is 8. The number of carbonyl (C=O) groups excluding carboxylic acids is 1. The molecule has 1 aromatic heterocycles. The Morgan fingerprint density at radius 1 is 0.974 bits per heavy atom. The third-order valence-corrected chi connectivity index (χ3v) is 7.37. The van der Waals surface area contributed by atoms with Crippen molar-refractivity contribution in [2.75, 3.05) is 44.3 Å². The van der Waals surface area contributed by atoms with E-state index in [1.807, 2.05) is 19.0 Å². The van der Waals surface area contributed by atoms with E-state index in [1.54, 1.807) is 48.5 Å². The molecular weight excluding hydrogens is 540 g/mol. The molecule has 0 saturated carbocycles. The second kappa shape index (κ2) is 12.3. The number of sulfonamides is 1. The van der Waals surface area contributed by atoms with Crippen LogP contribution in [0.2, 0.25) is 5.02 Å². The standard InChI is InChI=1S/C27H29ClN6O4S/c1-34(2)15-7-14-29-27(35)18-8-6-9-20(16-18)39(36,37)33-26-25(30-22-10-4-5-11-23(22)31-26)32-24-17-19(38-3)12-13-21(24)28/h4-6,8-13,16-17H,7,14-15H2,1-3H3,(H,29,35)(H,30,32)(H,31,33). The number of nitrogens with one attached hydrogen (secondary N) is 3. The first-order valence-electron chi connectivity index (χ1n) is 12.1. The second-order valence-corrected chi connectivity index (χ2v) is 11.0. The highest BCUT2D eigenvalue weighted by atomic mass is 35.5. The molecule has 0 aliphatic carbocycles. The molecule has 12 heteroatoms. The number of fused-ring (bicyclic) bond motifs is 1. The first-order chi connectivity index (χ1) is 18.7. The van der Waals surface area contributed by atoms with Crippen LogP contribution in [0.5, 0.6) is 5.75 Å². The molecular formula is C27H29ClN6O4S. The largest absolute Gasteiger partial charge is 0.497 e. The van der Waals surface area contributed by atoms with Crippen LogP contribution in [0, 0.1) is 0 Å². The molecule has 0 aliphatic heterocycles. The summed E-state index contributed by atoms with van der Waals surface area (Å²) in [6.07, 6.45) is 0.770. The number of halogens is 1. The number of para-hydroxylation sites is 2. The van der Waals surface area contributed by atoms with Gasteiger partial charge in [0.15, 0.2) is 11.6 Å². The number of ether oxygens (including phenoxy) is 1. The summed E-state index contributed by atoms with van der Waals surface area (Å²) in [6.45, 7) is 1.30. The van der Waals surface area contributed by atoms with Gasteiger partial charge in [0.1, 0.15) is 5.75 Å². The molecule has 0 spiro atoms. The van der Waals surface area contributed by atoms with Crippen LogP contribution in [0.15, 0.2) is 71.6 Å². The van der Waals surface area contributed by atoms with Gasteiger partial charge in [0, 0.05) is 18.2 Å². The zero-order chi connectivity index (χ0) is 28.0. The molecule has 1 heterocycles. The molecule has 0 aliphatic rings. The van der Waals surface area contributed by atoms with Crippen LogP contribution in [0.3, 0.4) is 0 Å². The minimum absolute atomic E-state index is 0.0360. The predicted molar refractivity (Wildman–Crippen MR) is 154 cm³/mol. The van der Waals surface area contributed by atoms with E-state index < -0.39 is 10.0 Å². The van der Waals surface area contributed by atoms with Crippen LogP contribution in [0.1, 0.15) is 16.8 Å². The first-order valence-corrected chi connectivity index (χ1v) is 14.0. The lowest BCUT2D eigenvalue weighted by molar-refractivity contribution is 0.0952. The number of amides is 1. The molecule has 0 fully saturated rings. The minimum atomic E-state index is -4.15. The number of nitrogens with zero attached hydrogens (tertiary/aromatic N) is 3. The average molecular weight is 569 g/mol. The Labute approximate surface area is 232 Å². The van der Waals surface area contributed by atoms with Crippen molar-refractivity contribution in [3.8, 4) is 5.75 Å². The lowest BCUT2D eigenvalue weighted by Gasteiger charge is -2.15. The zero-order valence-electron chi connectivity index (χ0n) is 21.7. The Morgan fingerprint density at radius 2 is 1.69 bits per heavy atom. The van der Waals surface area contributed by atoms with Crippen molar-refractivity contribution >= 4 is 55.9 Å². The van der Waals surface area contributed by atoms with Gasteiger partial charge in [-0.3, -0.25) is 9.52 Å². The van der Waals surface area contributed by atoms with Gasteiger partial charge < -0.3 is 20.3 Å². The number of aromatic nitrogens is 2. The maximum Gasteiger partial charge on any atom is 0.263 e. The molecule has 0 saturated heterocycles. The summed E-state index contributed by atoms with van der Waals surface area (Å²) in [4.78, 5) is 23.6. The van der Waals surface area contributed by atoms with E-state index in [-0.39, 0.29) is 28.0 Å². The van der Waals surface area contributed by atoms with Crippen LogP contribution in [-0.4, -0.2) is 63.5 Å². The van der Waals surface area contributed by atoms with E-state index in [9.17, 15) is 13.2 Å². The monoisotopic (exact) mass is 568 g/mol. The Balaban J connectivity index is 1.63. The summed E-state index contributed by atoms with van der Waals surface area (Å²) in [6, 6.07) is 17.9. The Hall–Kier alpha value is -3.93.